The van der Waals surface area contributed by atoms with Gasteiger partial charge in [-0.15, -0.1) is 0 Å². The van der Waals surface area contributed by atoms with E-state index in [0.717, 1.165) is 31.5 Å². The van der Waals surface area contributed by atoms with Gasteiger partial charge in [0.1, 0.15) is 15.7 Å². The number of likely N-dealkylation sites (tertiary alicyclic amines) is 1. The van der Waals surface area contributed by atoms with Crippen LogP contribution in [0.5, 0.6) is 0 Å². The zero-order valence-electron chi connectivity index (χ0n) is 13.5. The predicted octanol–water partition coefficient (Wildman–Crippen LogP) is 1.37. The van der Waals surface area contributed by atoms with Gasteiger partial charge >= 0.3 is 0 Å². The predicted molar refractivity (Wildman–Crippen MR) is 87.8 cm³/mol. The Bertz CT molecular complexity index is 668. The first kappa shape index (κ1) is 17.9. The topological polar surface area (TPSA) is 66.5 Å². The molecule has 1 aromatic rings. The summed E-state index contributed by atoms with van der Waals surface area (Å²) in [7, 11) is -2.95. The van der Waals surface area contributed by atoms with Crippen LogP contribution in [0.15, 0.2) is 18.2 Å². The molecule has 0 aromatic heterocycles. The Hall–Kier alpha value is -1.47. The Morgan fingerprint density at radius 3 is 2.61 bits per heavy atom. The SMILES string of the molecule is Cc1ccc(F)c(C(=O)NC2CCN(CCS(C)(=O)=O)CC2)c1. The number of hydrogen-bond acceptors (Lipinski definition) is 4. The van der Waals surface area contributed by atoms with E-state index in [2.05, 4.69) is 10.2 Å². The normalized spacial score (nSPS) is 17.2. The summed E-state index contributed by atoms with van der Waals surface area (Å²) in [6.45, 7) is 3.80. The lowest BCUT2D eigenvalue weighted by molar-refractivity contribution is 0.0908. The molecule has 1 aliphatic rings. The molecule has 0 atom stereocenters. The minimum absolute atomic E-state index is 0.00287. The maximum Gasteiger partial charge on any atom is 0.254 e. The summed E-state index contributed by atoms with van der Waals surface area (Å²) < 4.78 is 36.1. The van der Waals surface area contributed by atoms with Gasteiger partial charge in [-0.25, -0.2) is 12.8 Å². The van der Waals surface area contributed by atoms with Crippen molar-refractivity contribution in [2.75, 3.05) is 31.6 Å². The van der Waals surface area contributed by atoms with Crippen molar-refractivity contribution in [3.8, 4) is 0 Å². The molecule has 2 rings (SSSR count). The number of rotatable bonds is 5. The van der Waals surface area contributed by atoms with Gasteiger partial charge < -0.3 is 10.2 Å². The second-order valence-electron chi connectivity index (χ2n) is 6.20. The van der Waals surface area contributed by atoms with Crippen molar-refractivity contribution in [2.45, 2.75) is 25.8 Å². The Kier molecular flexibility index (Phi) is 5.75. The molecule has 7 heteroatoms. The first-order chi connectivity index (χ1) is 10.7. The number of nitrogens with one attached hydrogen (secondary N) is 1. The molecular formula is C16H23FN2O3S. The van der Waals surface area contributed by atoms with Gasteiger partial charge in [0.25, 0.3) is 5.91 Å². The van der Waals surface area contributed by atoms with Gasteiger partial charge in [-0.2, -0.15) is 0 Å². The number of carbonyl (C=O) groups excluding carboxylic acids is 1. The number of piperidine rings is 1. The number of benzene rings is 1. The van der Waals surface area contributed by atoms with Crippen LogP contribution in [0.25, 0.3) is 0 Å². The van der Waals surface area contributed by atoms with Crippen molar-refractivity contribution in [2.24, 2.45) is 0 Å². The molecule has 0 aliphatic carbocycles. The van der Waals surface area contributed by atoms with E-state index in [1.54, 1.807) is 12.1 Å². The lowest BCUT2D eigenvalue weighted by atomic mass is 10.0. The fourth-order valence-corrected chi connectivity index (χ4v) is 3.26. The van der Waals surface area contributed by atoms with Gasteiger partial charge in [0, 0.05) is 31.9 Å². The molecule has 1 amide bonds. The molecule has 1 N–H and O–H groups in total. The lowest BCUT2D eigenvalue weighted by Crippen LogP contribution is -2.45. The average molecular weight is 342 g/mol. The highest BCUT2D eigenvalue weighted by Crippen LogP contribution is 2.14. The van der Waals surface area contributed by atoms with Gasteiger partial charge in [-0.05, 0) is 31.9 Å². The van der Waals surface area contributed by atoms with Crippen LogP contribution in [0.1, 0.15) is 28.8 Å². The highest BCUT2D eigenvalue weighted by atomic mass is 32.2. The van der Waals surface area contributed by atoms with Gasteiger partial charge in [0.15, 0.2) is 0 Å². The van der Waals surface area contributed by atoms with Crippen molar-refractivity contribution in [1.82, 2.24) is 10.2 Å². The van der Waals surface area contributed by atoms with E-state index in [-0.39, 0.29) is 23.3 Å². The van der Waals surface area contributed by atoms with E-state index in [4.69, 9.17) is 0 Å². The third-order valence-corrected chi connectivity index (χ3v) is 4.99. The van der Waals surface area contributed by atoms with Crippen molar-refractivity contribution in [3.05, 3.63) is 35.1 Å². The maximum absolute atomic E-state index is 13.7. The zero-order chi connectivity index (χ0) is 17.0. The fraction of sp³-hybridized carbons (Fsp3) is 0.562. The van der Waals surface area contributed by atoms with Crippen LogP contribution in [0, 0.1) is 12.7 Å². The monoisotopic (exact) mass is 342 g/mol. The molecule has 5 nitrogen and oxygen atoms in total. The molecular weight excluding hydrogens is 319 g/mol. The number of nitrogens with zero attached hydrogens (tertiary/aromatic N) is 1. The summed E-state index contributed by atoms with van der Waals surface area (Å²) >= 11 is 0. The zero-order valence-corrected chi connectivity index (χ0v) is 14.3. The quantitative estimate of drug-likeness (QED) is 0.878. The summed E-state index contributed by atoms with van der Waals surface area (Å²) in [6.07, 6.45) is 2.71. The summed E-state index contributed by atoms with van der Waals surface area (Å²) in [5.74, 6) is -0.752. The van der Waals surface area contributed by atoms with Gasteiger partial charge in [0.2, 0.25) is 0 Å². The number of amides is 1. The van der Waals surface area contributed by atoms with Crippen molar-refractivity contribution >= 4 is 15.7 Å². The number of halogens is 1. The van der Waals surface area contributed by atoms with E-state index in [9.17, 15) is 17.6 Å². The third kappa shape index (κ3) is 5.58. The summed E-state index contributed by atoms with van der Waals surface area (Å²) in [6, 6.07) is 4.48. The smallest absolute Gasteiger partial charge is 0.254 e. The molecule has 1 aliphatic heterocycles. The molecule has 1 aromatic carbocycles. The molecule has 1 fully saturated rings. The van der Waals surface area contributed by atoms with Gasteiger partial charge in [-0.1, -0.05) is 11.6 Å². The third-order valence-electron chi connectivity index (χ3n) is 4.07. The van der Waals surface area contributed by atoms with Crippen LogP contribution in [-0.2, 0) is 9.84 Å². The fourth-order valence-electron chi connectivity index (χ4n) is 2.67. The molecule has 0 bridgehead atoms. The molecule has 0 spiro atoms. The minimum Gasteiger partial charge on any atom is -0.349 e. The molecule has 1 heterocycles. The Labute approximate surface area is 136 Å². The molecule has 0 saturated carbocycles. The highest BCUT2D eigenvalue weighted by Gasteiger charge is 2.22. The van der Waals surface area contributed by atoms with E-state index >= 15 is 0 Å². The molecule has 1 saturated heterocycles. The van der Waals surface area contributed by atoms with Gasteiger partial charge in [0.05, 0.1) is 11.3 Å². The standard InChI is InChI=1S/C16H23FN2O3S/c1-12-3-4-15(17)14(11-12)16(20)18-13-5-7-19(8-6-13)9-10-23(2,21)22/h3-4,11,13H,5-10H2,1-2H3,(H,18,20). The van der Waals surface area contributed by atoms with Gasteiger partial charge in [-0.3, -0.25) is 4.79 Å². The summed E-state index contributed by atoms with van der Waals surface area (Å²) in [5, 5.41) is 2.87. The van der Waals surface area contributed by atoms with Crippen LogP contribution in [-0.4, -0.2) is 56.9 Å². The second-order valence-corrected chi connectivity index (χ2v) is 8.46. The largest absolute Gasteiger partial charge is 0.349 e. The van der Waals surface area contributed by atoms with E-state index in [0.29, 0.717) is 6.54 Å². The molecule has 0 radical (unpaired) electrons. The lowest BCUT2D eigenvalue weighted by Gasteiger charge is -2.32. The van der Waals surface area contributed by atoms with Crippen molar-refractivity contribution < 1.29 is 17.6 Å². The Morgan fingerprint density at radius 2 is 2.00 bits per heavy atom. The maximum atomic E-state index is 13.7. The first-order valence-corrected chi connectivity index (χ1v) is 9.78. The van der Waals surface area contributed by atoms with E-state index in [1.165, 1.54) is 12.3 Å². The van der Waals surface area contributed by atoms with Crippen LogP contribution in [0.4, 0.5) is 4.39 Å². The number of aryl methyl sites for hydroxylation is 1. The van der Waals surface area contributed by atoms with Crippen LogP contribution in [0.3, 0.4) is 0 Å². The van der Waals surface area contributed by atoms with Crippen molar-refractivity contribution in [3.63, 3.8) is 0 Å². The molecule has 128 valence electrons. The molecule has 0 unspecified atom stereocenters. The van der Waals surface area contributed by atoms with E-state index < -0.39 is 15.7 Å². The number of hydrogen-bond donors (Lipinski definition) is 1. The molecule has 23 heavy (non-hydrogen) atoms. The Morgan fingerprint density at radius 1 is 1.35 bits per heavy atom. The van der Waals surface area contributed by atoms with E-state index in [1.807, 2.05) is 6.92 Å². The number of carbonyl (C=O) groups is 1. The summed E-state index contributed by atoms with van der Waals surface area (Å²) in [4.78, 5) is 14.3. The van der Waals surface area contributed by atoms with Crippen LogP contribution < -0.4 is 5.32 Å². The minimum atomic E-state index is -2.95. The van der Waals surface area contributed by atoms with Crippen molar-refractivity contribution in [1.29, 1.82) is 0 Å². The van der Waals surface area contributed by atoms with Crippen LogP contribution >= 0.6 is 0 Å². The Balaban J connectivity index is 1.84. The summed E-state index contributed by atoms with van der Waals surface area (Å²) in [5.41, 5.74) is 0.914. The van der Waals surface area contributed by atoms with Crippen LogP contribution in [0.2, 0.25) is 0 Å². The first-order valence-electron chi connectivity index (χ1n) is 7.72. The second kappa shape index (κ2) is 7.40. The average Bonchev–Trinajstić information content (AvgIpc) is 2.48. The number of sulfone groups is 1. The highest BCUT2D eigenvalue weighted by molar-refractivity contribution is 7.90.